The molecule has 140 valence electrons. The highest BCUT2D eigenvalue weighted by molar-refractivity contribution is 5.91. The highest BCUT2D eigenvalue weighted by Crippen LogP contribution is 2.13. The maximum Gasteiger partial charge on any atom is 0.343 e. The molecule has 0 spiro atoms. The summed E-state index contributed by atoms with van der Waals surface area (Å²) in [6.07, 6.45) is 2.59. The van der Waals surface area contributed by atoms with Crippen LogP contribution in [0.25, 0.3) is 0 Å². The maximum atomic E-state index is 12.0. The van der Waals surface area contributed by atoms with Gasteiger partial charge in [0.15, 0.2) is 0 Å². The van der Waals surface area contributed by atoms with E-state index in [1.54, 1.807) is 54.7 Å². The first-order valence-corrected chi connectivity index (χ1v) is 8.94. The van der Waals surface area contributed by atoms with E-state index < -0.39 is 5.97 Å². The fourth-order valence-corrected chi connectivity index (χ4v) is 2.50. The molecule has 1 amide bonds. The lowest BCUT2D eigenvalue weighted by Crippen LogP contribution is -2.17. The molecule has 0 unspecified atom stereocenters. The molecule has 28 heavy (non-hydrogen) atoms. The molecule has 0 heterocycles. The molecule has 0 radical (unpaired) electrons. The summed E-state index contributed by atoms with van der Waals surface area (Å²) in [5.41, 5.74) is 4.90. The molecule has 3 rings (SSSR count). The van der Waals surface area contributed by atoms with Gasteiger partial charge in [-0.3, -0.25) is 4.79 Å². The maximum absolute atomic E-state index is 12.0. The van der Waals surface area contributed by atoms with E-state index in [2.05, 4.69) is 10.5 Å². The molecule has 0 atom stereocenters. The van der Waals surface area contributed by atoms with E-state index in [9.17, 15) is 9.59 Å². The quantitative estimate of drug-likeness (QED) is 0.295. The third kappa shape index (κ3) is 5.92. The number of hydrogen-bond donors (Lipinski definition) is 1. The summed E-state index contributed by atoms with van der Waals surface area (Å²) in [5.74, 6) is -0.112. The lowest BCUT2D eigenvalue weighted by molar-refractivity contribution is -0.121. The zero-order valence-corrected chi connectivity index (χ0v) is 15.2. The number of ether oxygens (including phenoxy) is 1. The second kappa shape index (κ2) is 9.83. The molecule has 0 saturated carbocycles. The summed E-state index contributed by atoms with van der Waals surface area (Å²) in [5, 5.41) is 3.96. The number of rotatable bonds is 7. The van der Waals surface area contributed by atoms with Crippen LogP contribution in [0.1, 0.15) is 27.9 Å². The Balaban J connectivity index is 1.46. The highest BCUT2D eigenvalue weighted by Gasteiger charge is 2.07. The van der Waals surface area contributed by atoms with Gasteiger partial charge in [-0.1, -0.05) is 48.5 Å². The molecule has 0 fully saturated rings. The Morgan fingerprint density at radius 1 is 0.857 bits per heavy atom. The van der Waals surface area contributed by atoms with Gasteiger partial charge in [0, 0.05) is 6.42 Å². The summed E-state index contributed by atoms with van der Waals surface area (Å²) in [6.45, 7) is 0. The van der Waals surface area contributed by atoms with Gasteiger partial charge in [0.05, 0.1) is 11.8 Å². The minimum absolute atomic E-state index is 0.145. The zero-order chi connectivity index (χ0) is 19.6. The van der Waals surface area contributed by atoms with Gasteiger partial charge in [-0.05, 0) is 53.9 Å². The number of esters is 1. The van der Waals surface area contributed by atoms with Crippen molar-refractivity contribution in [2.45, 2.75) is 12.8 Å². The van der Waals surface area contributed by atoms with Gasteiger partial charge in [-0.15, -0.1) is 0 Å². The van der Waals surface area contributed by atoms with Crippen molar-refractivity contribution < 1.29 is 14.3 Å². The van der Waals surface area contributed by atoms with Crippen LogP contribution in [-0.4, -0.2) is 18.1 Å². The number of nitrogens with zero attached hydrogens (tertiary/aromatic N) is 1. The number of aryl methyl sites for hydroxylation is 1. The van der Waals surface area contributed by atoms with Crippen molar-refractivity contribution in [1.82, 2.24) is 5.43 Å². The number of carbonyl (C=O) groups excluding carboxylic acids is 2. The highest BCUT2D eigenvalue weighted by atomic mass is 16.5. The second-order valence-corrected chi connectivity index (χ2v) is 6.10. The Hall–Kier alpha value is -3.73. The fraction of sp³-hybridized carbons (Fsp3) is 0.0870. The molecule has 0 saturated heterocycles. The Bertz CT molecular complexity index is 937. The average molecular weight is 372 g/mol. The first-order chi connectivity index (χ1) is 13.7. The molecular formula is C23H20N2O3. The Morgan fingerprint density at radius 2 is 1.50 bits per heavy atom. The summed E-state index contributed by atoms with van der Waals surface area (Å²) in [6, 6.07) is 25.5. The van der Waals surface area contributed by atoms with Crippen molar-refractivity contribution >= 4 is 18.1 Å². The largest absolute Gasteiger partial charge is 0.423 e. The van der Waals surface area contributed by atoms with Crippen molar-refractivity contribution in [3.05, 3.63) is 102 Å². The van der Waals surface area contributed by atoms with Gasteiger partial charge in [-0.25, -0.2) is 10.2 Å². The molecule has 3 aromatic carbocycles. The third-order valence-corrected chi connectivity index (χ3v) is 3.99. The molecule has 0 aliphatic rings. The van der Waals surface area contributed by atoms with Crippen molar-refractivity contribution in [2.24, 2.45) is 5.10 Å². The van der Waals surface area contributed by atoms with Crippen LogP contribution >= 0.6 is 0 Å². The van der Waals surface area contributed by atoms with Gasteiger partial charge < -0.3 is 4.74 Å². The number of hydrazone groups is 1. The molecule has 1 N–H and O–H groups in total. The molecule has 5 heteroatoms. The molecule has 5 nitrogen and oxygen atoms in total. The van der Waals surface area contributed by atoms with Crippen molar-refractivity contribution in [2.75, 3.05) is 0 Å². The minimum atomic E-state index is -0.410. The zero-order valence-electron chi connectivity index (χ0n) is 15.2. The van der Waals surface area contributed by atoms with Crippen LogP contribution in [0.2, 0.25) is 0 Å². The lowest BCUT2D eigenvalue weighted by Gasteiger charge is -2.04. The van der Waals surface area contributed by atoms with E-state index in [1.165, 1.54) is 0 Å². The molecule has 0 bridgehead atoms. The first kappa shape index (κ1) is 19.0. The van der Waals surface area contributed by atoms with E-state index in [0.717, 1.165) is 11.1 Å². The van der Waals surface area contributed by atoms with E-state index >= 15 is 0 Å². The summed E-state index contributed by atoms with van der Waals surface area (Å²) >= 11 is 0. The topological polar surface area (TPSA) is 67.8 Å². The van der Waals surface area contributed by atoms with Crippen LogP contribution in [0.4, 0.5) is 0 Å². The minimum Gasteiger partial charge on any atom is -0.423 e. The number of hydrogen-bond acceptors (Lipinski definition) is 4. The third-order valence-electron chi connectivity index (χ3n) is 3.99. The van der Waals surface area contributed by atoms with Gasteiger partial charge in [0.25, 0.3) is 0 Å². The second-order valence-electron chi connectivity index (χ2n) is 6.10. The smallest absolute Gasteiger partial charge is 0.343 e. The van der Waals surface area contributed by atoms with E-state index in [4.69, 9.17) is 4.74 Å². The van der Waals surface area contributed by atoms with Crippen molar-refractivity contribution in [3.8, 4) is 5.75 Å². The Kier molecular flexibility index (Phi) is 6.68. The van der Waals surface area contributed by atoms with Crippen LogP contribution in [0, 0.1) is 0 Å². The van der Waals surface area contributed by atoms with Crippen LogP contribution < -0.4 is 10.2 Å². The summed E-state index contributed by atoms with van der Waals surface area (Å²) < 4.78 is 5.32. The first-order valence-electron chi connectivity index (χ1n) is 8.94. The van der Waals surface area contributed by atoms with Crippen LogP contribution in [0.15, 0.2) is 90.0 Å². The van der Waals surface area contributed by atoms with Crippen molar-refractivity contribution in [1.29, 1.82) is 0 Å². The SMILES string of the molecule is O=C(CCc1ccccc1)N/N=C/c1ccc(OC(=O)c2ccccc2)cc1. The fourth-order valence-electron chi connectivity index (χ4n) is 2.50. The van der Waals surface area contributed by atoms with Crippen LogP contribution in [0.3, 0.4) is 0 Å². The monoisotopic (exact) mass is 372 g/mol. The molecule has 0 aromatic heterocycles. The predicted molar refractivity (Wildman–Crippen MR) is 108 cm³/mol. The predicted octanol–water partition coefficient (Wildman–Crippen LogP) is 3.99. The van der Waals surface area contributed by atoms with Gasteiger partial charge in [0.1, 0.15) is 5.75 Å². The lowest BCUT2D eigenvalue weighted by atomic mass is 10.1. The number of carbonyl (C=O) groups is 2. The number of nitrogens with one attached hydrogen (secondary N) is 1. The van der Waals surface area contributed by atoms with Gasteiger partial charge in [0.2, 0.25) is 5.91 Å². The number of benzene rings is 3. The Labute approximate surface area is 163 Å². The normalized spacial score (nSPS) is 10.6. The van der Waals surface area contributed by atoms with E-state index in [-0.39, 0.29) is 5.91 Å². The van der Waals surface area contributed by atoms with Crippen LogP contribution in [-0.2, 0) is 11.2 Å². The molecule has 0 aliphatic heterocycles. The molecule has 0 aliphatic carbocycles. The standard InChI is InChI=1S/C23H20N2O3/c26-22(16-13-18-7-3-1-4-8-18)25-24-17-19-11-14-21(15-12-19)28-23(27)20-9-5-2-6-10-20/h1-12,14-15,17H,13,16H2,(H,25,26)/b24-17+. The average Bonchev–Trinajstić information content (AvgIpc) is 2.75. The van der Waals surface area contributed by atoms with Crippen molar-refractivity contribution in [3.63, 3.8) is 0 Å². The molecule has 3 aromatic rings. The number of amides is 1. The van der Waals surface area contributed by atoms with E-state index in [0.29, 0.717) is 24.2 Å². The molecular weight excluding hydrogens is 352 g/mol. The van der Waals surface area contributed by atoms with Crippen LogP contribution in [0.5, 0.6) is 5.75 Å². The van der Waals surface area contributed by atoms with E-state index in [1.807, 2.05) is 36.4 Å². The Morgan fingerprint density at radius 3 is 2.18 bits per heavy atom. The summed E-state index contributed by atoms with van der Waals surface area (Å²) in [7, 11) is 0. The van der Waals surface area contributed by atoms with Gasteiger partial charge >= 0.3 is 5.97 Å². The summed E-state index contributed by atoms with van der Waals surface area (Å²) in [4.78, 5) is 23.8. The van der Waals surface area contributed by atoms with Gasteiger partial charge in [-0.2, -0.15) is 5.10 Å².